The molecule has 0 atom stereocenters. The second-order valence-corrected chi connectivity index (χ2v) is 7.06. The van der Waals surface area contributed by atoms with Crippen molar-refractivity contribution in [2.24, 2.45) is 4.99 Å². The van der Waals surface area contributed by atoms with E-state index in [1.54, 1.807) is 25.3 Å². The van der Waals surface area contributed by atoms with Crippen LogP contribution < -0.4 is 14.3 Å². The average Bonchev–Trinajstić information content (AvgIpc) is 2.99. The summed E-state index contributed by atoms with van der Waals surface area (Å²) in [7, 11) is 3.09. The van der Waals surface area contributed by atoms with Gasteiger partial charge in [-0.2, -0.15) is 4.99 Å². The molecule has 0 bridgehead atoms. The van der Waals surface area contributed by atoms with Gasteiger partial charge in [0.25, 0.3) is 5.91 Å². The Hall–Kier alpha value is -2.12. The number of hydrogen-bond donors (Lipinski definition) is 0. The number of halogens is 1. The van der Waals surface area contributed by atoms with E-state index in [2.05, 4.69) is 20.9 Å². The Morgan fingerprint density at radius 2 is 2.04 bits per heavy atom. The van der Waals surface area contributed by atoms with Gasteiger partial charge in [0.15, 0.2) is 4.80 Å². The number of amides is 1. The maximum atomic E-state index is 12.7. The van der Waals surface area contributed by atoms with E-state index in [4.69, 9.17) is 9.47 Å². The maximum absolute atomic E-state index is 12.7. The minimum Gasteiger partial charge on any atom is -0.497 e. The van der Waals surface area contributed by atoms with Gasteiger partial charge in [-0.25, -0.2) is 0 Å². The highest BCUT2D eigenvalue weighted by atomic mass is 79.9. The zero-order valence-corrected chi connectivity index (χ0v) is 16.5. The lowest BCUT2D eigenvalue weighted by Gasteiger charge is -2.07. The molecule has 130 valence electrons. The fourth-order valence-corrected chi connectivity index (χ4v) is 4.42. The van der Waals surface area contributed by atoms with Crippen LogP contribution in [0.1, 0.15) is 17.3 Å². The molecule has 0 fully saturated rings. The monoisotopic (exact) mass is 420 g/mol. The van der Waals surface area contributed by atoms with Crippen LogP contribution in [-0.4, -0.2) is 24.7 Å². The topological polar surface area (TPSA) is 52.8 Å². The summed E-state index contributed by atoms with van der Waals surface area (Å²) in [6, 6.07) is 11.1. The number of thiazole rings is 1. The highest BCUT2D eigenvalue weighted by Crippen LogP contribution is 2.27. The Morgan fingerprint density at radius 1 is 1.24 bits per heavy atom. The molecule has 0 spiro atoms. The summed E-state index contributed by atoms with van der Waals surface area (Å²) in [4.78, 5) is 17.7. The second kappa shape index (κ2) is 7.41. The van der Waals surface area contributed by atoms with E-state index in [0.717, 1.165) is 14.7 Å². The number of aryl methyl sites for hydroxylation is 1. The second-order valence-electron chi connectivity index (χ2n) is 5.20. The molecule has 5 nitrogen and oxygen atoms in total. The Labute approximate surface area is 157 Å². The van der Waals surface area contributed by atoms with E-state index in [9.17, 15) is 4.79 Å². The van der Waals surface area contributed by atoms with Crippen molar-refractivity contribution in [3.8, 4) is 11.5 Å². The Morgan fingerprint density at radius 3 is 2.72 bits per heavy atom. The van der Waals surface area contributed by atoms with Crippen LogP contribution in [0.3, 0.4) is 0 Å². The predicted octanol–water partition coefficient (Wildman–Crippen LogP) is 4.24. The first-order chi connectivity index (χ1) is 12.1. The van der Waals surface area contributed by atoms with Gasteiger partial charge in [0.1, 0.15) is 11.5 Å². The number of carbonyl (C=O) groups excluding carboxylic acids is 1. The van der Waals surface area contributed by atoms with E-state index in [-0.39, 0.29) is 5.91 Å². The van der Waals surface area contributed by atoms with Crippen LogP contribution in [0.2, 0.25) is 0 Å². The molecule has 25 heavy (non-hydrogen) atoms. The number of carbonyl (C=O) groups is 1. The van der Waals surface area contributed by atoms with Gasteiger partial charge in [0, 0.05) is 17.1 Å². The zero-order chi connectivity index (χ0) is 18.0. The number of fused-ring (bicyclic) bond motifs is 1. The van der Waals surface area contributed by atoms with Crippen molar-refractivity contribution < 1.29 is 14.3 Å². The first-order valence-corrected chi connectivity index (χ1v) is 9.29. The molecule has 0 radical (unpaired) electrons. The predicted molar refractivity (Wildman–Crippen MR) is 103 cm³/mol. The summed E-state index contributed by atoms with van der Waals surface area (Å²) in [6.45, 7) is 2.75. The molecule has 7 heteroatoms. The van der Waals surface area contributed by atoms with Crippen LogP contribution in [-0.2, 0) is 6.54 Å². The number of hydrogen-bond acceptors (Lipinski definition) is 4. The Balaban J connectivity index is 2.14. The fourth-order valence-electron chi connectivity index (χ4n) is 2.59. The first kappa shape index (κ1) is 17.7. The van der Waals surface area contributed by atoms with E-state index in [1.807, 2.05) is 29.7 Å². The van der Waals surface area contributed by atoms with E-state index in [0.29, 0.717) is 28.4 Å². The summed E-state index contributed by atoms with van der Waals surface area (Å²) in [5, 5.41) is 0. The molecule has 0 aliphatic carbocycles. The van der Waals surface area contributed by atoms with E-state index in [1.165, 1.54) is 18.4 Å². The molecule has 0 aliphatic heterocycles. The molecule has 1 heterocycles. The number of ether oxygens (including phenoxy) is 2. The van der Waals surface area contributed by atoms with E-state index < -0.39 is 0 Å². The molecule has 2 aromatic carbocycles. The standard InChI is InChI=1S/C18H17BrN2O3S/c1-4-21-16-13(19)6-5-7-15(16)25-18(21)20-17(22)12-9-8-11(23-2)10-14(12)24-3/h5-10H,4H2,1-3H3. The van der Waals surface area contributed by atoms with Gasteiger partial charge in [-0.15, -0.1) is 0 Å². The molecule has 0 aliphatic rings. The lowest BCUT2D eigenvalue weighted by Crippen LogP contribution is -2.16. The fraction of sp³-hybridized carbons (Fsp3) is 0.222. The average molecular weight is 421 g/mol. The van der Waals surface area contributed by atoms with Gasteiger partial charge >= 0.3 is 0 Å². The van der Waals surface area contributed by atoms with Gasteiger partial charge in [0.05, 0.1) is 30.0 Å². The van der Waals surface area contributed by atoms with Crippen molar-refractivity contribution in [3.63, 3.8) is 0 Å². The minimum atomic E-state index is -0.343. The summed E-state index contributed by atoms with van der Waals surface area (Å²) in [5.74, 6) is 0.727. The molecule has 3 rings (SSSR count). The first-order valence-electron chi connectivity index (χ1n) is 7.68. The van der Waals surface area contributed by atoms with Crippen molar-refractivity contribution in [1.82, 2.24) is 4.57 Å². The molecule has 1 amide bonds. The third-order valence-corrected chi connectivity index (χ3v) is 5.49. The Kier molecular flexibility index (Phi) is 5.24. The molecule has 3 aromatic rings. The number of para-hydroxylation sites is 1. The number of methoxy groups -OCH3 is 2. The largest absolute Gasteiger partial charge is 0.497 e. The summed E-state index contributed by atoms with van der Waals surface area (Å²) in [6.07, 6.45) is 0. The lowest BCUT2D eigenvalue weighted by atomic mass is 10.2. The number of rotatable bonds is 4. The third kappa shape index (κ3) is 3.34. The lowest BCUT2D eigenvalue weighted by molar-refractivity contribution is 0.0995. The Bertz CT molecular complexity index is 1010. The van der Waals surface area contributed by atoms with Crippen LogP contribution in [0, 0.1) is 0 Å². The summed E-state index contributed by atoms with van der Waals surface area (Å²) < 4.78 is 14.6. The van der Waals surface area contributed by atoms with Crippen LogP contribution >= 0.6 is 27.3 Å². The highest BCUT2D eigenvalue weighted by Gasteiger charge is 2.14. The van der Waals surface area contributed by atoms with Gasteiger partial charge in [-0.1, -0.05) is 17.4 Å². The van der Waals surface area contributed by atoms with Gasteiger partial charge in [0.2, 0.25) is 0 Å². The van der Waals surface area contributed by atoms with Crippen LogP contribution in [0.4, 0.5) is 0 Å². The minimum absolute atomic E-state index is 0.343. The van der Waals surface area contributed by atoms with Crippen molar-refractivity contribution in [2.75, 3.05) is 14.2 Å². The van der Waals surface area contributed by atoms with Crippen molar-refractivity contribution in [2.45, 2.75) is 13.5 Å². The molecular formula is C18H17BrN2O3S. The van der Waals surface area contributed by atoms with Gasteiger partial charge < -0.3 is 14.0 Å². The normalized spacial score (nSPS) is 11.8. The number of aromatic nitrogens is 1. The quantitative estimate of drug-likeness (QED) is 0.633. The van der Waals surface area contributed by atoms with Crippen LogP contribution in [0.25, 0.3) is 10.2 Å². The van der Waals surface area contributed by atoms with Crippen molar-refractivity contribution >= 4 is 43.4 Å². The molecular weight excluding hydrogens is 404 g/mol. The summed E-state index contributed by atoms with van der Waals surface area (Å²) >= 11 is 5.06. The zero-order valence-electron chi connectivity index (χ0n) is 14.1. The SMILES string of the molecule is CCn1c(=NC(=O)c2ccc(OC)cc2OC)sc2cccc(Br)c21. The number of nitrogens with zero attached hydrogens (tertiary/aromatic N) is 2. The van der Waals surface area contributed by atoms with Gasteiger partial charge in [-0.3, -0.25) is 4.79 Å². The summed E-state index contributed by atoms with van der Waals surface area (Å²) in [5.41, 5.74) is 1.45. The van der Waals surface area contributed by atoms with Gasteiger partial charge in [-0.05, 0) is 47.1 Å². The highest BCUT2D eigenvalue weighted by molar-refractivity contribution is 9.10. The smallest absolute Gasteiger partial charge is 0.283 e. The molecule has 1 aromatic heterocycles. The molecule has 0 saturated carbocycles. The molecule has 0 unspecified atom stereocenters. The van der Waals surface area contributed by atoms with E-state index >= 15 is 0 Å². The number of benzene rings is 2. The molecule has 0 saturated heterocycles. The maximum Gasteiger partial charge on any atom is 0.283 e. The third-order valence-electron chi connectivity index (χ3n) is 3.80. The van der Waals surface area contributed by atoms with Crippen LogP contribution in [0.5, 0.6) is 11.5 Å². The van der Waals surface area contributed by atoms with Crippen molar-refractivity contribution in [3.05, 3.63) is 51.2 Å². The molecule has 0 N–H and O–H groups in total. The van der Waals surface area contributed by atoms with Crippen LogP contribution in [0.15, 0.2) is 45.9 Å². The van der Waals surface area contributed by atoms with Crippen molar-refractivity contribution in [1.29, 1.82) is 0 Å².